The van der Waals surface area contributed by atoms with Gasteiger partial charge in [0.1, 0.15) is 11.4 Å². The molecule has 1 N–H and O–H groups in total. The van der Waals surface area contributed by atoms with E-state index in [1.54, 1.807) is 0 Å². The Labute approximate surface area is 156 Å². The Bertz CT molecular complexity index is 836. The summed E-state index contributed by atoms with van der Waals surface area (Å²) in [4.78, 5) is 4.84. The van der Waals surface area contributed by atoms with Crippen LogP contribution < -0.4 is 10.1 Å². The number of imidazole rings is 1. The first kappa shape index (κ1) is 18.5. The summed E-state index contributed by atoms with van der Waals surface area (Å²) in [5.74, 6) is 0.917. The molecule has 0 aliphatic carbocycles. The van der Waals surface area contributed by atoms with E-state index in [1.807, 2.05) is 12.1 Å². The summed E-state index contributed by atoms with van der Waals surface area (Å²) < 4.78 is 8.00. The molecule has 0 unspecified atom stereocenters. The van der Waals surface area contributed by atoms with Gasteiger partial charge in [-0.05, 0) is 75.7 Å². The van der Waals surface area contributed by atoms with Crippen LogP contribution in [0.5, 0.6) is 5.75 Å². The number of unbranched alkanes of at least 4 members (excludes halogenated alkanes) is 1. The smallest absolute Gasteiger partial charge is 0.140 e. The quantitative estimate of drug-likeness (QED) is 0.564. The van der Waals surface area contributed by atoms with Gasteiger partial charge in [-0.3, -0.25) is 0 Å². The maximum Gasteiger partial charge on any atom is 0.140 e. The lowest BCUT2D eigenvalue weighted by atomic mass is 10.1. The number of ether oxygens (including phenoxy) is 1. The third kappa shape index (κ3) is 4.25. The van der Waals surface area contributed by atoms with Gasteiger partial charge in [-0.15, -0.1) is 0 Å². The zero-order valence-corrected chi connectivity index (χ0v) is 16.1. The fourth-order valence-electron chi connectivity index (χ4n) is 3.12. The number of aryl methyl sites for hydroxylation is 2. The molecule has 26 heavy (non-hydrogen) atoms. The van der Waals surface area contributed by atoms with Crippen molar-refractivity contribution in [1.29, 1.82) is 0 Å². The molecule has 4 nitrogen and oxygen atoms in total. The highest BCUT2D eigenvalue weighted by molar-refractivity contribution is 5.68. The normalized spacial score (nSPS) is 11.2. The fourth-order valence-corrected chi connectivity index (χ4v) is 3.12. The summed E-state index contributed by atoms with van der Waals surface area (Å²) in [6.07, 6.45) is 5.57. The zero-order valence-electron chi connectivity index (χ0n) is 16.1. The molecule has 1 aromatic carbocycles. The molecule has 0 spiro atoms. The predicted molar refractivity (Wildman–Crippen MR) is 108 cm³/mol. The minimum absolute atomic E-state index is 0.741. The van der Waals surface area contributed by atoms with Crippen molar-refractivity contribution in [2.75, 3.05) is 19.7 Å². The maximum atomic E-state index is 5.85. The molecule has 0 saturated heterocycles. The van der Waals surface area contributed by atoms with Crippen molar-refractivity contribution in [3.8, 4) is 17.0 Å². The molecular formula is C22H29N3O. The molecule has 0 bridgehead atoms. The van der Waals surface area contributed by atoms with Gasteiger partial charge < -0.3 is 14.5 Å². The number of nitrogens with zero attached hydrogens (tertiary/aromatic N) is 2. The lowest BCUT2D eigenvalue weighted by molar-refractivity contribution is 0.308. The van der Waals surface area contributed by atoms with E-state index in [0.717, 1.165) is 54.5 Å². The average Bonchev–Trinajstić information content (AvgIpc) is 3.00. The summed E-state index contributed by atoms with van der Waals surface area (Å²) >= 11 is 0. The number of benzene rings is 1. The molecule has 3 rings (SSSR count). The van der Waals surface area contributed by atoms with E-state index in [-0.39, 0.29) is 0 Å². The number of rotatable bonds is 9. The highest BCUT2D eigenvalue weighted by Gasteiger charge is 2.11. The van der Waals surface area contributed by atoms with Gasteiger partial charge in [-0.25, -0.2) is 4.98 Å². The lowest BCUT2D eigenvalue weighted by Crippen LogP contribution is -2.18. The van der Waals surface area contributed by atoms with Crippen molar-refractivity contribution in [3.05, 3.63) is 53.9 Å². The van der Waals surface area contributed by atoms with Gasteiger partial charge in [-0.2, -0.15) is 0 Å². The fraction of sp³-hybridized carbons (Fsp3) is 0.409. The van der Waals surface area contributed by atoms with Gasteiger partial charge in [0.05, 0.1) is 12.3 Å². The second-order valence-electron chi connectivity index (χ2n) is 6.76. The van der Waals surface area contributed by atoms with E-state index in [0.29, 0.717) is 0 Å². The summed E-state index contributed by atoms with van der Waals surface area (Å²) in [5.41, 5.74) is 5.53. The Morgan fingerprint density at radius 3 is 2.54 bits per heavy atom. The number of hydrogen-bond donors (Lipinski definition) is 1. The number of aromatic nitrogens is 2. The molecule has 0 aliphatic heterocycles. The lowest BCUT2D eigenvalue weighted by Gasteiger charge is -2.08. The van der Waals surface area contributed by atoms with Crippen molar-refractivity contribution >= 4 is 5.65 Å². The SMILES string of the molecule is CCCCNCCCOc1ccc(-c2nc3c(C)cccn3c2C)cc1. The Balaban J connectivity index is 1.60. The van der Waals surface area contributed by atoms with E-state index in [4.69, 9.17) is 9.72 Å². The van der Waals surface area contributed by atoms with Crippen LogP contribution in [0.25, 0.3) is 16.9 Å². The van der Waals surface area contributed by atoms with E-state index >= 15 is 0 Å². The molecule has 0 radical (unpaired) electrons. The first-order valence-electron chi connectivity index (χ1n) is 9.59. The molecule has 2 heterocycles. The van der Waals surface area contributed by atoms with Crippen molar-refractivity contribution in [2.45, 2.75) is 40.0 Å². The summed E-state index contributed by atoms with van der Waals surface area (Å²) in [6, 6.07) is 12.4. The van der Waals surface area contributed by atoms with E-state index in [2.05, 4.69) is 61.0 Å². The monoisotopic (exact) mass is 351 g/mol. The van der Waals surface area contributed by atoms with Crippen LogP contribution in [-0.4, -0.2) is 29.1 Å². The highest BCUT2D eigenvalue weighted by atomic mass is 16.5. The largest absolute Gasteiger partial charge is 0.494 e. The Morgan fingerprint density at radius 1 is 1.04 bits per heavy atom. The molecule has 138 valence electrons. The number of pyridine rings is 1. The third-order valence-corrected chi connectivity index (χ3v) is 4.69. The van der Waals surface area contributed by atoms with Gasteiger partial charge in [0, 0.05) is 17.5 Å². The Hall–Kier alpha value is -2.33. The average molecular weight is 351 g/mol. The molecule has 3 aromatic rings. The van der Waals surface area contributed by atoms with Crippen LogP contribution >= 0.6 is 0 Å². The molecule has 0 amide bonds. The van der Waals surface area contributed by atoms with Crippen molar-refractivity contribution in [1.82, 2.24) is 14.7 Å². The molecular weight excluding hydrogens is 322 g/mol. The van der Waals surface area contributed by atoms with Crippen LogP contribution in [0.15, 0.2) is 42.6 Å². The van der Waals surface area contributed by atoms with Crippen molar-refractivity contribution < 1.29 is 4.74 Å². The summed E-state index contributed by atoms with van der Waals surface area (Å²) in [6.45, 7) is 9.28. The number of fused-ring (bicyclic) bond motifs is 1. The van der Waals surface area contributed by atoms with E-state index < -0.39 is 0 Å². The second kappa shape index (κ2) is 8.86. The van der Waals surface area contributed by atoms with Crippen LogP contribution in [0.3, 0.4) is 0 Å². The van der Waals surface area contributed by atoms with Crippen LogP contribution in [0.1, 0.15) is 37.4 Å². The van der Waals surface area contributed by atoms with Crippen LogP contribution in [0, 0.1) is 13.8 Å². The van der Waals surface area contributed by atoms with Crippen molar-refractivity contribution in [3.63, 3.8) is 0 Å². The van der Waals surface area contributed by atoms with Gasteiger partial charge in [0.15, 0.2) is 0 Å². The van der Waals surface area contributed by atoms with Gasteiger partial charge in [0.25, 0.3) is 0 Å². The molecule has 0 fully saturated rings. The summed E-state index contributed by atoms with van der Waals surface area (Å²) in [5, 5.41) is 3.44. The molecule has 4 heteroatoms. The van der Waals surface area contributed by atoms with Crippen LogP contribution in [0.4, 0.5) is 0 Å². The maximum absolute atomic E-state index is 5.85. The Morgan fingerprint density at radius 2 is 1.81 bits per heavy atom. The third-order valence-electron chi connectivity index (χ3n) is 4.69. The predicted octanol–water partition coefficient (Wildman–Crippen LogP) is 4.78. The summed E-state index contributed by atoms with van der Waals surface area (Å²) in [7, 11) is 0. The molecule has 0 atom stereocenters. The standard InChI is InChI=1S/C22H29N3O/c1-4-5-13-23-14-7-16-26-20-11-9-19(10-12-20)21-18(3)25-15-6-8-17(2)22(25)24-21/h6,8-12,15,23H,4-5,7,13-14,16H2,1-3H3. The second-order valence-corrected chi connectivity index (χ2v) is 6.76. The van der Waals surface area contributed by atoms with Crippen LogP contribution in [0.2, 0.25) is 0 Å². The van der Waals surface area contributed by atoms with Crippen molar-refractivity contribution in [2.24, 2.45) is 0 Å². The molecule has 0 aliphatic rings. The van der Waals surface area contributed by atoms with Gasteiger partial charge in [0.2, 0.25) is 0 Å². The number of nitrogens with one attached hydrogen (secondary N) is 1. The van der Waals surface area contributed by atoms with E-state index in [9.17, 15) is 0 Å². The highest BCUT2D eigenvalue weighted by Crippen LogP contribution is 2.26. The zero-order chi connectivity index (χ0) is 18.4. The van der Waals surface area contributed by atoms with Gasteiger partial charge in [-0.1, -0.05) is 19.4 Å². The molecule has 2 aromatic heterocycles. The number of hydrogen-bond acceptors (Lipinski definition) is 3. The van der Waals surface area contributed by atoms with Gasteiger partial charge >= 0.3 is 0 Å². The minimum atomic E-state index is 0.741. The first-order valence-corrected chi connectivity index (χ1v) is 9.59. The topological polar surface area (TPSA) is 38.6 Å². The van der Waals surface area contributed by atoms with Crippen LogP contribution in [-0.2, 0) is 0 Å². The van der Waals surface area contributed by atoms with E-state index in [1.165, 1.54) is 18.4 Å². The minimum Gasteiger partial charge on any atom is -0.494 e. The molecule has 0 saturated carbocycles. The first-order chi connectivity index (χ1) is 12.7. The Kier molecular flexibility index (Phi) is 6.29.